The van der Waals surface area contributed by atoms with Crippen LogP contribution >= 0.6 is 0 Å². The van der Waals surface area contributed by atoms with Gasteiger partial charge in [-0.1, -0.05) is 44.5 Å². The van der Waals surface area contributed by atoms with Crippen LogP contribution in [0.2, 0.25) is 0 Å². The van der Waals surface area contributed by atoms with Gasteiger partial charge in [-0.2, -0.15) is 0 Å². The third kappa shape index (κ3) is 3.16. The summed E-state index contributed by atoms with van der Waals surface area (Å²) < 4.78 is 0. The van der Waals surface area contributed by atoms with Crippen LogP contribution in [0.4, 0.5) is 5.69 Å². The van der Waals surface area contributed by atoms with Gasteiger partial charge in [0.2, 0.25) is 0 Å². The second-order valence-electron chi connectivity index (χ2n) is 3.44. The van der Waals surface area contributed by atoms with E-state index < -0.39 is 4.92 Å². The van der Waals surface area contributed by atoms with Crippen molar-refractivity contribution in [2.75, 3.05) is 5.73 Å². The topological polar surface area (TPSA) is 69.2 Å². The predicted molar refractivity (Wildman–Crippen MR) is 59.8 cm³/mol. The van der Waals surface area contributed by atoms with Gasteiger partial charge in [-0.05, 0) is 17.5 Å². The fraction of sp³-hybridized carbons (Fsp3) is 0.364. The Morgan fingerprint density at radius 2 is 2.20 bits per heavy atom. The molecule has 1 unspecified atom stereocenters. The Morgan fingerprint density at radius 1 is 1.53 bits per heavy atom. The summed E-state index contributed by atoms with van der Waals surface area (Å²) in [4.78, 5) is 9.85. The molecule has 0 spiro atoms. The number of anilines is 1. The van der Waals surface area contributed by atoms with Crippen LogP contribution in [0.5, 0.6) is 0 Å². The smallest absolute Gasteiger partial charge is 0.0348 e. The lowest BCUT2D eigenvalue weighted by Gasteiger charge is -2.19. The van der Waals surface area contributed by atoms with E-state index in [2.05, 4.69) is 0 Å². The molecule has 15 heavy (non-hydrogen) atoms. The van der Waals surface area contributed by atoms with Crippen molar-refractivity contribution in [3.05, 3.63) is 46.5 Å². The van der Waals surface area contributed by atoms with E-state index in [-0.39, 0.29) is 5.92 Å². The Morgan fingerprint density at radius 3 is 2.73 bits per heavy atom. The van der Waals surface area contributed by atoms with Gasteiger partial charge in [0.15, 0.2) is 0 Å². The highest BCUT2D eigenvalue weighted by molar-refractivity contribution is 5.48. The van der Waals surface area contributed by atoms with E-state index in [0.717, 1.165) is 18.5 Å². The third-order valence-corrected chi connectivity index (χ3v) is 2.47. The molecule has 0 heterocycles. The van der Waals surface area contributed by atoms with Crippen LogP contribution in [0.1, 0.15) is 31.2 Å². The molecule has 1 atom stereocenters. The van der Waals surface area contributed by atoms with Crippen LogP contribution in [-0.2, 0) is 0 Å². The number of para-hydroxylation sites is 1. The monoisotopic (exact) mass is 207 g/mol. The molecular weight excluding hydrogens is 192 g/mol. The van der Waals surface area contributed by atoms with E-state index in [1.165, 1.54) is 0 Å². The average molecular weight is 207 g/mol. The van der Waals surface area contributed by atoms with Crippen molar-refractivity contribution >= 4 is 5.69 Å². The fourth-order valence-corrected chi connectivity index (χ4v) is 1.61. The van der Waals surface area contributed by atoms with Crippen LogP contribution in [0.25, 0.3) is 0 Å². The molecule has 0 aromatic heterocycles. The van der Waals surface area contributed by atoms with E-state index in [0.29, 0.717) is 12.1 Å². The van der Waals surface area contributed by atoms with Gasteiger partial charge in [0.1, 0.15) is 0 Å². The highest BCUT2D eigenvalue weighted by Crippen LogP contribution is 2.28. The number of nitrogens with zero attached hydrogens (tertiary/aromatic N) is 1. The van der Waals surface area contributed by atoms with E-state index in [1.54, 1.807) is 0 Å². The number of nitrogens with two attached hydrogens (primary N) is 1. The van der Waals surface area contributed by atoms with E-state index in [4.69, 9.17) is 5.73 Å². The fourth-order valence-electron chi connectivity index (χ4n) is 1.61. The first-order valence-electron chi connectivity index (χ1n) is 4.96. The molecule has 1 aromatic rings. The molecule has 0 saturated carbocycles. The van der Waals surface area contributed by atoms with Crippen molar-refractivity contribution in [2.45, 2.75) is 25.7 Å². The van der Waals surface area contributed by atoms with Crippen molar-refractivity contribution in [1.82, 2.24) is 0 Å². The molecule has 0 amide bonds. The molecule has 0 bridgehead atoms. The number of nitro groups is 1. The average Bonchev–Trinajstić information content (AvgIpc) is 2.21. The largest absolute Gasteiger partial charge is 0.398 e. The minimum atomic E-state index is -0.401. The van der Waals surface area contributed by atoms with Crippen LogP contribution in [0.15, 0.2) is 24.3 Å². The van der Waals surface area contributed by atoms with Gasteiger partial charge >= 0.3 is 0 Å². The second-order valence-corrected chi connectivity index (χ2v) is 3.44. The van der Waals surface area contributed by atoms with Crippen molar-refractivity contribution in [3.8, 4) is 0 Å². The summed E-state index contributed by atoms with van der Waals surface area (Å²) in [5, 5.41) is 10.3. The Bertz CT molecular complexity index is 339. The lowest BCUT2D eigenvalue weighted by atomic mass is 9.92. The quantitative estimate of drug-likeness (QED) is 0.349. The summed E-state index contributed by atoms with van der Waals surface area (Å²) in [6, 6.07) is 7.52. The summed E-state index contributed by atoms with van der Waals surface area (Å²) in [7, 11) is 0. The minimum absolute atomic E-state index is 0.136. The molecule has 2 N–H and O–H groups in total. The zero-order chi connectivity index (χ0) is 11.3. The molecule has 0 radical (unpaired) electrons. The Balaban J connectivity index is 2.74. The van der Waals surface area contributed by atoms with Gasteiger partial charge in [0, 0.05) is 5.69 Å². The van der Waals surface area contributed by atoms with E-state index in [9.17, 15) is 10.1 Å². The van der Waals surface area contributed by atoms with Crippen LogP contribution < -0.4 is 5.73 Å². The molecule has 1 aromatic carbocycles. The van der Waals surface area contributed by atoms with Gasteiger partial charge in [-0.3, -0.25) is 10.1 Å². The van der Waals surface area contributed by atoms with Gasteiger partial charge in [-0.15, -0.1) is 4.92 Å². The van der Waals surface area contributed by atoms with Gasteiger partial charge in [-0.25, -0.2) is 0 Å². The minimum Gasteiger partial charge on any atom is -0.398 e. The lowest BCUT2D eigenvalue weighted by Crippen LogP contribution is -2.05. The first kappa shape index (κ1) is 11.4. The number of hydrogen-bond acceptors (Lipinski definition) is 3. The number of hydrogen-bond donors (Lipinski definition) is 1. The zero-order valence-corrected chi connectivity index (χ0v) is 8.72. The molecule has 0 saturated heterocycles. The van der Waals surface area contributed by atoms with Gasteiger partial charge < -0.3 is 5.73 Å². The maximum atomic E-state index is 10.3. The number of nitrogen functional groups attached to an aromatic ring is 1. The third-order valence-electron chi connectivity index (χ3n) is 2.47. The predicted octanol–water partition coefficient (Wildman–Crippen LogP) is 2.59. The highest BCUT2D eigenvalue weighted by atomic mass is 16.6. The maximum Gasteiger partial charge on any atom is 0.0348 e. The van der Waals surface area contributed by atoms with Gasteiger partial charge in [0.05, 0.1) is 0 Å². The van der Waals surface area contributed by atoms with Crippen LogP contribution in [-0.4, -0.2) is 4.92 Å². The van der Waals surface area contributed by atoms with E-state index in [1.807, 2.05) is 31.2 Å². The molecule has 1 rings (SSSR count). The molecule has 0 fully saturated rings. The lowest BCUT2D eigenvalue weighted by molar-refractivity contribution is -0.438. The summed E-state index contributed by atoms with van der Waals surface area (Å²) in [6.45, 7) is 3.10. The van der Waals surface area contributed by atoms with Crippen molar-refractivity contribution in [2.24, 2.45) is 0 Å². The normalized spacial score (nSPS) is 12.1. The van der Waals surface area contributed by atoms with Crippen molar-refractivity contribution < 1.29 is 4.92 Å². The molecule has 0 aliphatic rings. The van der Waals surface area contributed by atoms with E-state index >= 15 is 0 Å². The Hall–Kier alpha value is -1.71. The summed E-state index contributed by atoms with van der Waals surface area (Å²) in [6.07, 6.45) is 1.27. The van der Waals surface area contributed by atoms with Crippen LogP contribution in [0.3, 0.4) is 0 Å². The zero-order valence-electron chi connectivity index (χ0n) is 8.72. The number of rotatable bonds is 5. The first-order chi connectivity index (χ1) is 7.15. The molecule has 4 heteroatoms. The van der Waals surface area contributed by atoms with Crippen LogP contribution in [0, 0.1) is 16.7 Å². The molecule has 82 valence electrons. The number of benzene rings is 1. The summed E-state index contributed by atoms with van der Waals surface area (Å²) in [5.41, 5.74) is 7.53. The molecule has 0 aliphatic carbocycles. The Labute approximate surface area is 89.2 Å². The summed E-state index contributed by atoms with van der Waals surface area (Å²) in [5.74, 6) is 0.136. The molecule has 0 aliphatic heterocycles. The second kappa shape index (κ2) is 5.24. The standard InChI is InChI=1S/C11H15N2O2/c1-2-9(7-8-13(14)15)10-5-3-4-6-11(10)12/h3-6,8-9H,2,7,12H2,1H3/q-1. The molecular formula is C11H15N2O2-. The van der Waals surface area contributed by atoms with Crippen molar-refractivity contribution in [1.29, 1.82) is 0 Å². The molecule has 4 nitrogen and oxygen atoms in total. The Kier molecular flexibility index (Phi) is 3.97. The highest BCUT2D eigenvalue weighted by Gasteiger charge is 2.09. The maximum absolute atomic E-state index is 10.3. The first-order valence-corrected chi connectivity index (χ1v) is 4.96. The summed E-state index contributed by atoms with van der Waals surface area (Å²) >= 11 is 0. The SMILES string of the molecule is CCC(C[CH-][N+](=O)[O-])c1ccccc1N. The van der Waals surface area contributed by atoms with Crippen molar-refractivity contribution in [3.63, 3.8) is 0 Å². The van der Waals surface area contributed by atoms with Gasteiger partial charge in [0.25, 0.3) is 0 Å².